The zero-order valence-corrected chi connectivity index (χ0v) is 18.5. The predicted octanol–water partition coefficient (Wildman–Crippen LogP) is 7.02. The van der Waals surface area contributed by atoms with Gasteiger partial charge in [-0.15, -0.1) is 12.1 Å². The second kappa shape index (κ2) is 13.7. The van der Waals surface area contributed by atoms with E-state index in [0.717, 1.165) is 0 Å². The first-order valence-electron chi connectivity index (χ1n) is 8.92. The van der Waals surface area contributed by atoms with Crippen LogP contribution in [0.4, 0.5) is 17.6 Å². The van der Waals surface area contributed by atoms with Gasteiger partial charge in [0.2, 0.25) is 0 Å². The average Bonchev–Trinajstić information content (AvgIpc) is 3.55. The Morgan fingerprint density at radius 3 is 1.28 bits per heavy atom. The SMILES string of the molecule is Fc1c(F)c(-[c-]2cccc2)c(F)c(F)c1-[c-]1[c-][c-][c-][c-]1.[Fe].[Fe].c1cc[cH-]c1.c1cc[cH-]c1. The van der Waals surface area contributed by atoms with Gasteiger partial charge < -0.3 is 44.2 Å². The molecule has 0 heterocycles. The van der Waals surface area contributed by atoms with Crippen molar-refractivity contribution in [3.63, 3.8) is 0 Å². The van der Waals surface area contributed by atoms with Crippen molar-refractivity contribution >= 4 is 0 Å². The van der Waals surface area contributed by atoms with Crippen molar-refractivity contribution in [1.29, 1.82) is 0 Å². The van der Waals surface area contributed by atoms with E-state index in [1.165, 1.54) is 24.3 Å². The second-order valence-corrected chi connectivity index (χ2v) is 5.98. The maximum Gasteiger partial charge on any atom is 0 e. The summed E-state index contributed by atoms with van der Waals surface area (Å²) in [5, 5.41) is 0. The fourth-order valence-electron chi connectivity index (χ4n) is 2.63. The van der Waals surface area contributed by atoms with E-state index in [9.17, 15) is 17.6 Å². The fourth-order valence-corrected chi connectivity index (χ4v) is 2.63. The zero-order valence-electron chi connectivity index (χ0n) is 16.3. The minimum atomic E-state index is -1.49. The van der Waals surface area contributed by atoms with Gasteiger partial charge in [-0.3, -0.25) is 8.78 Å². The molecule has 0 bridgehead atoms. The van der Waals surface area contributed by atoms with Crippen LogP contribution in [0.25, 0.3) is 22.3 Å². The van der Waals surface area contributed by atoms with Crippen molar-refractivity contribution in [3.05, 3.63) is 132 Å². The minimum absolute atomic E-state index is 0. The zero-order chi connectivity index (χ0) is 21.3. The average molecular weight is 514 g/mol. The molecule has 0 N–H and O–H groups in total. The molecule has 0 saturated heterocycles. The summed E-state index contributed by atoms with van der Waals surface area (Å²) in [4.78, 5) is 0. The standard InChI is InChI=1S/C16H4F4.2C5H5.2Fe/c17-13-11(9-5-1-2-6-9)14(18)16(20)12(15(13)19)10-7-3-4-8-10;2*1-2-4-5-3-1;;/h1-2,5-6H;2*1-5H;;/q-6;2*-1;;. The van der Waals surface area contributed by atoms with Gasteiger partial charge >= 0.3 is 0 Å². The Balaban J connectivity index is 0.000000353. The quantitative estimate of drug-likeness (QED) is 0.103. The van der Waals surface area contributed by atoms with Crippen LogP contribution in [-0.2, 0) is 34.1 Å². The molecule has 0 aliphatic heterocycles. The molecule has 0 aliphatic carbocycles. The van der Waals surface area contributed by atoms with Gasteiger partial charge in [-0.05, 0) is 11.6 Å². The third-order valence-electron chi connectivity index (χ3n) is 4.01. The normalized spacial score (nSPS) is 9.38. The van der Waals surface area contributed by atoms with Gasteiger partial charge in [0.05, 0.1) is 0 Å². The molecule has 0 nitrogen and oxygen atoms in total. The van der Waals surface area contributed by atoms with Crippen LogP contribution >= 0.6 is 0 Å². The van der Waals surface area contributed by atoms with E-state index in [4.69, 9.17) is 0 Å². The van der Waals surface area contributed by atoms with Gasteiger partial charge in [0.15, 0.2) is 0 Å². The maximum absolute atomic E-state index is 14.0. The van der Waals surface area contributed by atoms with Gasteiger partial charge in [0.1, 0.15) is 0 Å². The topological polar surface area (TPSA) is 0 Å². The Morgan fingerprint density at radius 2 is 0.938 bits per heavy atom. The first-order chi connectivity index (χ1) is 14.6. The molecule has 0 amide bonds. The minimum Gasteiger partial charge on any atom is -0.715 e. The second-order valence-electron chi connectivity index (χ2n) is 5.98. The number of hydrogen-bond donors (Lipinski definition) is 0. The predicted molar refractivity (Wildman–Crippen MR) is 108 cm³/mol. The summed E-state index contributed by atoms with van der Waals surface area (Å²) in [5.74, 6) is -5.87. The first kappa shape index (κ1) is 27.4. The molecular weight excluding hydrogens is 500 g/mol. The molecule has 5 aromatic rings. The molecule has 5 aromatic carbocycles. The van der Waals surface area contributed by atoms with Crippen molar-refractivity contribution in [2.75, 3.05) is 0 Å². The summed E-state index contributed by atoms with van der Waals surface area (Å²) in [5.41, 5.74) is -1.77. The van der Waals surface area contributed by atoms with Crippen LogP contribution in [0, 0.1) is 47.5 Å². The number of hydrogen-bond acceptors (Lipinski definition) is 0. The van der Waals surface area contributed by atoms with Gasteiger partial charge in [0, 0.05) is 34.1 Å². The molecule has 0 aliphatic rings. The summed E-state index contributed by atoms with van der Waals surface area (Å²) in [7, 11) is 0. The molecule has 0 atom stereocenters. The molecule has 5 rings (SSSR count). The van der Waals surface area contributed by atoms with Gasteiger partial charge in [-0.2, -0.15) is 60.2 Å². The summed E-state index contributed by atoms with van der Waals surface area (Å²) >= 11 is 0. The summed E-state index contributed by atoms with van der Waals surface area (Å²) in [6.45, 7) is 0. The van der Waals surface area contributed by atoms with Crippen LogP contribution in [-0.4, -0.2) is 0 Å². The molecule has 0 aromatic heterocycles. The van der Waals surface area contributed by atoms with Crippen molar-refractivity contribution in [2.24, 2.45) is 0 Å². The van der Waals surface area contributed by atoms with E-state index in [1.807, 2.05) is 60.7 Å². The van der Waals surface area contributed by atoms with Crippen molar-refractivity contribution in [2.45, 2.75) is 0 Å². The molecule has 0 spiro atoms. The monoisotopic (exact) mass is 514 g/mol. The van der Waals surface area contributed by atoms with Crippen molar-refractivity contribution < 1.29 is 51.7 Å². The van der Waals surface area contributed by atoms with Crippen molar-refractivity contribution in [3.8, 4) is 22.3 Å². The fraction of sp³-hybridized carbons (Fsp3) is 0. The van der Waals surface area contributed by atoms with Crippen LogP contribution in [0.3, 0.4) is 0 Å². The molecule has 170 valence electrons. The molecule has 0 fully saturated rings. The third-order valence-corrected chi connectivity index (χ3v) is 4.01. The summed E-state index contributed by atoms with van der Waals surface area (Å²) in [6.07, 6.45) is 0. The smallest absolute Gasteiger partial charge is 0 e. The Hall–Kier alpha value is -2.62. The van der Waals surface area contributed by atoms with Crippen LogP contribution in [0.5, 0.6) is 0 Å². The maximum atomic E-state index is 14.0. The van der Waals surface area contributed by atoms with Crippen molar-refractivity contribution in [1.82, 2.24) is 0 Å². The third kappa shape index (κ3) is 6.69. The summed E-state index contributed by atoms with van der Waals surface area (Å²) < 4.78 is 56.1. The summed E-state index contributed by atoms with van der Waals surface area (Å²) in [6, 6.07) is 34.9. The van der Waals surface area contributed by atoms with Crippen LogP contribution < -0.4 is 0 Å². The Kier molecular flexibility index (Phi) is 11.8. The molecule has 32 heavy (non-hydrogen) atoms. The van der Waals surface area contributed by atoms with E-state index in [2.05, 4.69) is 24.3 Å². The molecule has 0 unspecified atom stereocenters. The number of halogens is 4. The van der Waals surface area contributed by atoms with Crippen LogP contribution in [0.1, 0.15) is 0 Å². The Bertz CT molecular complexity index is 955. The first-order valence-corrected chi connectivity index (χ1v) is 8.92. The van der Waals surface area contributed by atoms with Gasteiger partial charge in [-0.1, -0.05) is 11.1 Å². The van der Waals surface area contributed by atoms with E-state index in [1.54, 1.807) is 0 Å². The van der Waals surface area contributed by atoms with Crippen LogP contribution in [0.2, 0.25) is 0 Å². The number of rotatable bonds is 2. The van der Waals surface area contributed by atoms with E-state index in [-0.39, 0.29) is 45.3 Å². The van der Waals surface area contributed by atoms with Crippen LogP contribution in [0.15, 0.2) is 84.9 Å². The number of benzene rings is 1. The van der Waals surface area contributed by atoms with Gasteiger partial charge in [-0.25, -0.2) is 24.3 Å². The Morgan fingerprint density at radius 1 is 0.562 bits per heavy atom. The van der Waals surface area contributed by atoms with E-state index in [0.29, 0.717) is 0 Å². The Labute approximate surface area is 205 Å². The molecule has 6 heteroatoms. The van der Waals surface area contributed by atoms with E-state index < -0.39 is 34.4 Å². The largest absolute Gasteiger partial charge is 0.715 e. The van der Waals surface area contributed by atoms with E-state index >= 15 is 0 Å². The molecule has 0 saturated carbocycles. The van der Waals surface area contributed by atoms with Gasteiger partial charge in [0.25, 0.3) is 0 Å². The molecular formula is C26H14F4Fe2-8. The molecule has 0 radical (unpaired) electrons.